The summed E-state index contributed by atoms with van der Waals surface area (Å²) in [6.07, 6.45) is 7.97. The molecule has 1 aliphatic heterocycles. The molecule has 0 radical (unpaired) electrons. The van der Waals surface area contributed by atoms with Crippen LogP contribution < -0.4 is 0 Å². The van der Waals surface area contributed by atoms with Crippen LogP contribution in [0.15, 0.2) is 41.2 Å². The molecular formula is C15H15N7S2. The first kappa shape index (κ1) is 14.5. The molecule has 0 unspecified atom stereocenters. The average molecular weight is 357 g/mol. The third-order valence-corrected chi connectivity index (χ3v) is 6.67. The van der Waals surface area contributed by atoms with Gasteiger partial charge in [0.05, 0.1) is 0 Å². The Balaban J connectivity index is 1.28. The normalized spacial score (nSPS) is 19.6. The Morgan fingerprint density at radius 3 is 3.04 bits per heavy atom. The predicted molar refractivity (Wildman–Crippen MR) is 91.9 cm³/mol. The molecule has 0 aromatic carbocycles. The van der Waals surface area contributed by atoms with Gasteiger partial charge in [0.2, 0.25) is 0 Å². The fraction of sp³-hybridized carbons (Fsp3) is 0.400. The lowest BCUT2D eigenvalue weighted by Crippen LogP contribution is -2.10. The predicted octanol–water partition coefficient (Wildman–Crippen LogP) is 2.53. The van der Waals surface area contributed by atoms with Crippen molar-refractivity contribution in [3.05, 3.63) is 30.9 Å². The molecule has 1 saturated carbocycles. The molecule has 24 heavy (non-hydrogen) atoms. The molecule has 0 N–H and O–H groups in total. The monoisotopic (exact) mass is 357 g/mol. The number of thioether (sulfide) groups is 2. The van der Waals surface area contributed by atoms with Crippen molar-refractivity contribution in [2.45, 2.75) is 41.0 Å². The molecule has 0 bridgehead atoms. The van der Waals surface area contributed by atoms with E-state index < -0.39 is 0 Å². The van der Waals surface area contributed by atoms with E-state index in [4.69, 9.17) is 0 Å². The topological polar surface area (TPSA) is 74.3 Å². The van der Waals surface area contributed by atoms with Gasteiger partial charge in [-0.3, -0.25) is 4.98 Å². The first-order chi connectivity index (χ1) is 11.9. The zero-order chi connectivity index (χ0) is 15.9. The molecule has 0 saturated heterocycles. The highest BCUT2D eigenvalue weighted by atomic mass is 32.2. The highest BCUT2D eigenvalue weighted by molar-refractivity contribution is 8.03. The van der Waals surface area contributed by atoms with Crippen molar-refractivity contribution in [3.63, 3.8) is 0 Å². The maximum atomic E-state index is 4.33. The number of nitrogens with zero attached hydrogens (tertiary/aromatic N) is 7. The summed E-state index contributed by atoms with van der Waals surface area (Å²) in [6.45, 7) is 0.918. The molecule has 0 amide bonds. The molecule has 1 fully saturated rings. The average Bonchev–Trinajstić information content (AvgIpc) is 3.04. The van der Waals surface area contributed by atoms with Gasteiger partial charge in [-0.05, 0) is 25.0 Å². The molecule has 122 valence electrons. The van der Waals surface area contributed by atoms with Crippen LogP contribution in [0, 0.1) is 0 Å². The third kappa shape index (κ3) is 2.61. The van der Waals surface area contributed by atoms with E-state index in [2.05, 4.69) is 34.5 Å². The Labute approximate surface area is 147 Å². The van der Waals surface area contributed by atoms with Gasteiger partial charge in [-0.15, -0.1) is 20.4 Å². The molecule has 5 rings (SSSR count). The van der Waals surface area contributed by atoms with Crippen LogP contribution in [-0.2, 0) is 6.54 Å². The summed E-state index contributed by atoms with van der Waals surface area (Å²) in [7, 11) is 0. The summed E-state index contributed by atoms with van der Waals surface area (Å²) >= 11 is 3.58. The zero-order valence-electron chi connectivity index (χ0n) is 12.8. The van der Waals surface area contributed by atoms with E-state index in [1.165, 1.54) is 12.8 Å². The van der Waals surface area contributed by atoms with Gasteiger partial charge in [0.1, 0.15) is 6.33 Å². The molecule has 1 atom stereocenters. The molecule has 2 aliphatic rings. The van der Waals surface area contributed by atoms with Gasteiger partial charge in [-0.2, -0.15) is 0 Å². The van der Waals surface area contributed by atoms with Gasteiger partial charge >= 0.3 is 0 Å². The molecule has 9 heteroatoms. The van der Waals surface area contributed by atoms with Crippen molar-refractivity contribution < 1.29 is 0 Å². The van der Waals surface area contributed by atoms with E-state index in [0.29, 0.717) is 11.3 Å². The summed E-state index contributed by atoms with van der Waals surface area (Å²) < 4.78 is 4.41. The van der Waals surface area contributed by atoms with Gasteiger partial charge in [0.15, 0.2) is 16.1 Å². The first-order valence-electron chi connectivity index (χ1n) is 7.91. The van der Waals surface area contributed by atoms with Gasteiger partial charge in [-0.25, -0.2) is 0 Å². The minimum Gasteiger partial charge on any atom is -0.306 e. The number of hydrogen-bond acceptors (Lipinski definition) is 7. The Kier molecular flexibility index (Phi) is 3.55. The Morgan fingerprint density at radius 2 is 2.21 bits per heavy atom. The Morgan fingerprint density at radius 1 is 1.25 bits per heavy atom. The molecule has 1 aliphatic carbocycles. The van der Waals surface area contributed by atoms with Crippen LogP contribution in [0.1, 0.15) is 18.9 Å². The standard InChI is InChI=1S/C15H15N7S2/c1-2-10(6-16-5-1)13-18-20-15-21(13)7-12(24-15)8-23-14-19-17-9-22(14)11-3-4-11/h1-2,5-6,9,11-12H,3-4,7-8H2/t12-/m1/s1. The van der Waals surface area contributed by atoms with E-state index >= 15 is 0 Å². The van der Waals surface area contributed by atoms with Crippen molar-refractivity contribution in [2.24, 2.45) is 0 Å². The van der Waals surface area contributed by atoms with Crippen molar-refractivity contribution in [1.29, 1.82) is 0 Å². The lowest BCUT2D eigenvalue weighted by molar-refractivity contribution is 0.658. The van der Waals surface area contributed by atoms with E-state index in [1.54, 1.807) is 29.7 Å². The molecule has 0 spiro atoms. The molecule has 4 heterocycles. The zero-order valence-corrected chi connectivity index (χ0v) is 14.4. The molecule has 7 nitrogen and oxygen atoms in total. The van der Waals surface area contributed by atoms with E-state index in [-0.39, 0.29) is 0 Å². The number of fused-ring (bicyclic) bond motifs is 1. The fourth-order valence-corrected chi connectivity index (χ4v) is 5.10. The van der Waals surface area contributed by atoms with Crippen LogP contribution in [0.25, 0.3) is 11.4 Å². The number of rotatable bonds is 5. The molecule has 3 aromatic heterocycles. The number of pyridine rings is 1. The lowest BCUT2D eigenvalue weighted by atomic mass is 10.2. The summed E-state index contributed by atoms with van der Waals surface area (Å²) in [5.74, 6) is 1.89. The number of hydrogen-bond donors (Lipinski definition) is 0. The lowest BCUT2D eigenvalue weighted by Gasteiger charge is -2.09. The first-order valence-corrected chi connectivity index (χ1v) is 9.77. The van der Waals surface area contributed by atoms with E-state index in [9.17, 15) is 0 Å². The van der Waals surface area contributed by atoms with Crippen molar-refractivity contribution in [3.8, 4) is 11.4 Å². The summed E-state index contributed by atoms with van der Waals surface area (Å²) in [6, 6.07) is 4.57. The third-order valence-electron chi connectivity index (χ3n) is 4.17. The molecular weight excluding hydrogens is 342 g/mol. The largest absolute Gasteiger partial charge is 0.306 e. The van der Waals surface area contributed by atoms with E-state index in [1.807, 2.05) is 24.7 Å². The smallest absolute Gasteiger partial charge is 0.191 e. The summed E-state index contributed by atoms with van der Waals surface area (Å²) in [5.41, 5.74) is 1.01. The van der Waals surface area contributed by atoms with Crippen LogP contribution in [0.3, 0.4) is 0 Å². The molecule has 3 aromatic rings. The fourth-order valence-electron chi connectivity index (χ4n) is 2.83. The summed E-state index contributed by atoms with van der Waals surface area (Å²) in [5, 5.41) is 19.5. The van der Waals surface area contributed by atoms with Crippen LogP contribution in [0.2, 0.25) is 0 Å². The minimum atomic E-state index is 0.472. The maximum Gasteiger partial charge on any atom is 0.191 e. The van der Waals surface area contributed by atoms with Gasteiger partial charge in [-0.1, -0.05) is 23.5 Å². The Bertz CT molecular complexity index is 856. The number of aromatic nitrogens is 7. The highest BCUT2D eigenvalue weighted by Crippen LogP contribution is 2.39. The van der Waals surface area contributed by atoms with Crippen LogP contribution >= 0.6 is 23.5 Å². The second kappa shape index (κ2) is 5.89. The Hall–Kier alpha value is -1.87. The van der Waals surface area contributed by atoms with Crippen molar-refractivity contribution in [2.75, 3.05) is 5.75 Å². The second-order valence-electron chi connectivity index (χ2n) is 5.96. The summed E-state index contributed by atoms with van der Waals surface area (Å²) in [4.78, 5) is 4.18. The van der Waals surface area contributed by atoms with Crippen LogP contribution in [0.5, 0.6) is 0 Å². The highest BCUT2D eigenvalue weighted by Gasteiger charge is 2.30. The van der Waals surface area contributed by atoms with Crippen LogP contribution in [-0.4, -0.2) is 45.5 Å². The maximum absolute atomic E-state index is 4.33. The SMILES string of the molecule is c1cncc(-c2nnc3n2C[C@H](CSc2nncn2C2CC2)S3)c1. The quantitative estimate of drug-likeness (QED) is 0.650. The van der Waals surface area contributed by atoms with Crippen molar-refractivity contribution in [1.82, 2.24) is 34.5 Å². The second-order valence-corrected chi connectivity index (χ2v) is 8.22. The van der Waals surface area contributed by atoms with Gasteiger partial charge < -0.3 is 9.13 Å². The van der Waals surface area contributed by atoms with Crippen LogP contribution in [0.4, 0.5) is 0 Å². The van der Waals surface area contributed by atoms with Crippen molar-refractivity contribution >= 4 is 23.5 Å². The van der Waals surface area contributed by atoms with E-state index in [0.717, 1.165) is 34.0 Å². The van der Waals surface area contributed by atoms with Gasteiger partial charge in [0, 0.05) is 41.5 Å². The minimum absolute atomic E-state index is 0.472. The van der Waals surface area contributed by atoms with Gasteiger partial charge in [0.25, 0.3) is 0 Å².